The van der Waals surface area contributed by atoms with Crippen molar-refractivity contribution in [3.8, 4) is 6.07 Å². The fourth-order valence-corrected chi connectivity index (χ4v) is 6.75. The van der Waals surface area contributed by atoms with Crippen molar-refractivity contribution in [1.29, 1.82) is 5.26 Å². The SMILES string of the molecule is Cc1cn2nc([C@@H]3CCCCN3C(=O)c3cc(Cl)ccc3NS(C)(=O)=O)cc2nc1N1C[C@H](C#N)[C@H](OC(=O)c2cccnc2)C1. The van der Waals surface area contributed by atoms with Gasteiger partial charge < -0.3 is 14.5 Å². The standard InChI is InChI=1S/C31H31ClN8O5S/c1-19-16-40-28(35-29(19)38-17-21(14-33)27(18-38)45-31(42)20-6-5-10-34-15-20)13-25(36-40)26-7-3-4-11-39(26)30(41)23-12-22(32)8-9-24(23)37-46(2,43)44/h5-6,8-10,12-13,15-16,21,26-27,37H,3-4,7,11,17-18H2,1-2H3/t21-,26-,27+/m0/s1. The van der Waals surface area contributed by atoms with Crippen molar-refractivity contribution in [2.24, 2.45) is 5.92 Å². The summed E-state index contributed by atoms with van der Waals surface area (Å²) in [5.74, 6) is -0.795. The molecule has 0 bridgehead atoms. The minimum absolute atomic E-state index is 0.156. The molecule has 1 aromatic carbocycles. The number of likely N-dealkylation sites (tertiary alicyclic amines) is 1. The van der Waals surface area contributed by atoms with Crippen molar-refractivity contribution in [2.45, 2.75) is 38.3 Å². The van der Waals surface area contributed by atoms with E-state index in [9.17, 15) is 23.3 Å². The van der Waals surface area contributed by atoms with Crippen LogP contribution < -0.4 is 9.62 Å². The average Bonchev–Trinajstić information content (AvgIpc) is 3.64. The van der Waals surface area contributed by atoms with Crippen LogP contribution in [0.15, 0.2) is 55.0 Å². The van der Waals surface area contributed by atoms with Gasteiger partial charge in [-0.1, -0.05) is 11.6 Å². The third kappa shape index (κ3) is 6.47. The van der Waals surface area contributed by atoms with Gasteiger partial charge in [-0.15, -0.1) is 0 Å². The summed E-state index contributed by atoms with van der Waals surface area (Å²) >= 11 is 6.22. The molecular formula is C31H31ClN8O5S. The predicted octanol–water partition coefficient (Wildman–Crippen LogP) is 4.01. The first-order chi connectivity index (χ1) is 22.0. The van der Waals surface area contributed by atoms with Crippen LogP contribution in [-0.2, 0) is 14.8 Å². The van der Waals surface area contributed by atoms with Gasteiger partial charge in [-0.05, 0) is 56.5 Å². The van der Waals surface area contributed by atoms with E-state index in [-0.39, 0.29) is 23.2 Å². The van der Waals surface area contributed by atoms with Crippen LogP contribution in [0.25, 0.3) is 5.65 Å². The number of carbonyl (C=O) groups is 2. The summed E-state index contributed by atoms with van der Waals surface area (Å²) in [4.78, 5) is 39.1. The van der Waals surface area contributed by atoms with E-state index in [1.54, 1.807) is 27.7 Å². The topological polar surface area (TPSA) is 163 Å². The summed E-state index contributed by atoms with van der Waals surface area (Å²) in [7, 11) is -3.64. The maximum Gasteiger partial charge on any atom is 0.340 e. The Balaban J connectivity index is 1.26. The van der Waals surface area contributed by atoms with Crippen LogP contribution in [0, 0.1) is 24.2 Å². The van der Waals surface area contributed by atoms with Gasteiger partial charge in [-0.2, -0.15) is 10.4 Å². The summed E-state index contributed by atoms with van der Waals surface area (Å²) in [5, 5.41) is 14.9. The summed E-state index contributed by atoms with van der Waals surface area (Å²) < 4.78 is 33.8. The zero-order valence-corrected chi connectivity index (χ0v) is 26.7. The number of amides is 1. The van der Waals surface area contributed by atoms with E-state index in [2.05, 4.69) is 15.8 Å². The highest BCUT2D eigenvalue weighted by Crippen LogP contribution is 2.35. The number of hydrogen-bond acceptors (Lipinski definition) is 10. The fourth-order valence-electron chi connectivity index (χ4n) is 6.00. The number of ether oxygens (including phenoxy) is 1. The van der Waals surface area contributed by atoms with Gasteiger partial charge >= 0.3 is 5.97 Å². The van der Waals surface area contributed by atoms with Gasteiger partial charge in [0, 0.05) is 48.3 Å². The molecule has 0 unspecified atom stereocenters. The number of rotatable bonds is 7. The number of halogens is 1. The lowest BCUT2D eigenvalue weighted by Crippen LogP contribution is -2.39. The Labute approximate surface area is 270 Å². The van der Waals surface area contributed by atoms with E-state index in [1.165, 1.54) is 24.4 Å². The van der Waals surface area contributed by atoms with E-state index in [1.807, 2.05) is 24.1 Å². The molecule has 2 saturated heterocycles. The van der Waals surface area contributed by atoms with Crippen LogP contribution in [0.5, 0.6) is 0 Å². The molecule has 3 aromatic heterocycles. The second kappa shape index (κ2) is 12.6. The van der Waals surface area contributed by atoms with Crippen molar-refractivity contribution in [2.75, 3.05) is 35.5 Å². The number of pyridine rings is 1. The van der Waals surface area contributed by atoms with Crippen LogP contribution >= 0.6 is 11.6 Å². The van der Waals surface area contributed by atoms with E-state index in [0.717, 1.165) is 24.7 Å². The number of aryl methyl sites for hydroxylation is 1. The number of fused-ring (bicyclic) bond motifs is 1. The zero-order chi connectivity index (χ0) is 32.6. The Bertz CT molecular complexity index is 1960. The fraction of sp³-hybridized carbons (Fsp3) is 0.355. The van der Waals surface area contributed by atoms with Crippen LogP contribution in [0.2, 0.25) is 5.02 Å². The third-order valence-corrected chi connectivity index (χ3v) is 8.95. The molecule has 13 nitrogen and oxygen atoms in total. The van der Waals surface area contributed by atoms with Gasteiger partial charge in [-0.25, -0.2) is 22.7 Å². The van der Waals surface area contributed by atoms with E-state index >= 15 is 0 Å². The number of anilines is 2. The van der Waals surface area contributed by atoms with Crippen LogP contribution in [0.1, 0.15) is 57.3 Å². The second-order valence-corrected chi connectivity index (χ2v) is 13.7. The highest BCUT2D eigenvalue weighted by atomic mass is 35.5. The Morgan fingerprint density at radius 3 is 2.74 bits per heavy atom. The molecule has 0 radical (unpaired) electrons. The molecular weight excluding hydrogens is 632 g/mol. The predicted molar refractivity (Wildman–Crippen MR) is 170 cm³/mol. The number of hydrogen-bond donors (Lipinski definition) is 1. The maximum absolute atomic E-state index is 13.9. The summed E-state index contributed by atoms with van der Waals surface area (Å²) in [6, 6.07) is 11.5. The van der Waals surface area contributed by atoms with Crippen LogP contribution in [0.3, 0.4) is 0 Å². The molecule has 0 saturated carbocycles. The average molecular weight is 663 g/mol. The molecule has 5 heterocycles. The molecule has 2 aliphatic rings. The van der Waals surface area contributed by atoms with Crippen molar-refractivity contribution >= 4 is 50.7 Å². The lowest BCUT2D eigenvalue weighted by atomic mass is 9.98. The molecule has 4 aromatic rings. The molecule has 15 heteroatoms. The molecule has 6 rings (SSSR count). The molecule has 1 N–H and O–H groups in total. The zero-order valence-electron chi connectivity index (χ0n) is 25.1. The highest BCUT2D eigenvalue weighted by Gasteiger charge is 2.38. The minimum Gasteiger partial charge on any atom is -0.455 e. The van der Waals surface area contributed by atoms with Crippen molar-refractivity contribution in [3.63, 3.8) is 0 Å². The Hall–Kier alpha value is -4.74. The summed E-state index contributed by atoms with van der Waals surface area (Å²) in [6.07, 6.45) is 7.55. The molecule has 2 fully saturated rings. The third-order valence-electron chi connectivity index (χ3n) is 8.12. The number of benzene rings is 1. The molecule has 0 aliphatic carbocycles. The number of nitrogens with one attached hydrogen (secondary N) is 1. The quantitative estimate of drug-likeness (QED) is 0.286. The van der Waals surface area contributed by atoms with Gasteiger partial charge in [0.2, 0.25) is 10.0 Å². The van der Waals surface area contributed by atoms with Gasteiger partial charge in [0.15, 0.2) is 5.65 Å². The first kappa shape index (κ1) is 31.3. The van der Waals surface area contributed by atoms with Crippen molar-refractivity contribution in [3.05, 3.63) is 82.4 Å². The molecule has 238 valence electrons. The van der Waals surface area contributed by atoms with E-state index in [4.69, 9.17) is 26.4 Å². The Morgan fingerprint density at radius 2 is 2.00 bits per heavy atom. The smallest absolute Gasteiger partial charge is 0.340 e. The highest BCUT2D eigenvalue weighted by molar-refractivity contribution is 7.92. The number of nitrogens with zero attached hydrogens (tertiary/aromatic N) is 7. The first-order valence-electron chi connectivity index (χ1n) is 14.7. The van der Waals surface area contributed by atoms with Crippen molar-refractivity contribution < 1.29 is 22.7 Å². The first-order valence-corrected chi connectivity index (χ1v) is 17.0. The van der Waals surface area contributed by atoms with Crippen molar-refractivity contribution in [1.82, 2.24) is 24.5 Å². The van der Waals surface area contributed by atoms with Gasteiger partial charge in [0.1, 0.15) is 17.8 Å². The molecule has 0 spiro atoms. The largest absolute Gasteiger partial charge is 0.455 e. The Morgan fingerprint density at radius 1 is 1.17 bits per heavy atom. The summed E-state index contributed by atoms with van der Waals surface area (Å²) in [6.45, 7) is 2.98. The number of sulfonamides is 1. The number of nitriles is 1. The lowest BCUT2D eigenvalue weighted by molar-refractivity contribution is 0.0295. The van der Waals surface area contributed by atoms with Crippen LogP contribution in [0.4, 0.5) is 11.5 Å². The monoisotopic (exact) mass is 662 g/mol. The van der Waals surface area contributed by atoms with E-state index < -0.39 is 28.0 Å². The van der Waals surface area contributed by atoms with E-state index in [0.29, 0.717) is 53.8 Å². The van der Waals surface area contributed by atoms with Gasteiger partial charge in [0.05, 0.1) is 47.4 Å². The second-order valence-electron chi connectivity index (χ2n) is 11.5. The minimum atomic E-state index is -3.64. The van der Waals surface area contributed by atoms with Gasteiger partial charge in [-0.3, -0.25) is 14.5 Å². The van der Waals surface area contributed by atoms with Gasteiger partial charge in [0.25, 0.3) is 5.91 Å². The molecule has 1 amide bonds. The maximum atomic E-state index is 13.9. The molecule has 3 atom stereocenters. The number of esters is 1. The Kier molecular flexibility index (Phi) is 8.54. The number of aromatic nitrogens is 4. The molecule has 46 heavy (non-hydrogen) atoms. The lowest BCUT2D eigenvalue weighted by Gasteiger charge is -2.35. The normalized spacial score (nSPS) is 20.0. The molecule has 2 aliphatic heterocycles. The number of piperidine rings is 1. The summed E-state index contributed by atoms with van der Waals surface area (Å²) in [5.41, 5.74) is 2.64. The number of carbonyl (C=O) groups excluding carboxylic acids is 2. The van der Waals surface area contributed by atoms with Crippen LogP contribution in [-0.4, -0.2) is 76.8 Å².